The van der Waals surface area contributed by atoms with E-state index >= 15 is 0 Å². The van der Waals surface area contributed by atoms with E-state index in [9.17, 15) is 4.79 Å². The van der Waals surface area contributed by atoms with Gasteiger partial charge in [0, 0.05) is 11.8 Å². The fraction of sp³-hybridized carbons (Fsp3) is 0. The number of carbonyl (C=O) groups is 1. The SMILES string of the molecule is O=C(C=Cc1ccccc1)Nc1ccc(Cl)c(Cl)c1. The summed E-state index contributed by atoms with van der Waals surface area (Å²) in [5, 5.41) is 3.58. The van der Waals surface area contributed by atoms with Crippen molar-refractivity contribution in [2.75, 3.05) is 5.32 Å². The van der Waals surface area contributed by atoms with E-state index in [0.717, 1.165) is 5.56 Å². The van der Waals surface area contributed by atoms with Gasteiger partial charge in [-0.1, -0.05) is 53.5 Å². The highest BCUT2D eigenvalue weighted by Crippen LogP contribution is 2.24. The maximum Gasteiger partial charge on any atom is 0.248 e. The summed E-state index contributed by atoms with van der Waals surface area (Å²) < 4.78 is 0. The van der Waals surface area contributed by atoms with Gasteiger partial charge < -0.3 is 5.32 Å². The molecule has 1 amide bonds. The van der Waals surface area contributed by atoms with Crippen molar-refractivity contribution in [3.63, 3.8) is 0 Å². The summed E-state index contributed by atoms with van der Waals surface area (Å²) in [6.45, 7) is 0. The summed E-state index contributed by atoms with van der Waals surface area (Å²) in [6.07, 6.45) is 3.21. The molecule has 2 aromatic carbocycles. The second kappa shape index (κ2) is 6.41. The number of hydrogen-bond donors (Lipinski definition) is 1. The predicted octanol–water partition coefficient (Wildman–Crippen LogP) is 4.65. The van der Waals surface area contributed by atoms with Crippen LogP contribution in [-0.2, 0) is 4.79 Å². The lowest BCUT2D eigenvalue weighted by molar-refractivity contribution is -0.111. The molecular weight excluding hydrogens is 281 g/mol. The zero-order chi connectivity index (χ0) is 13.7. The summed E-state index contributed by atoms with van der Waals surface area (Å²) in [7, 11) is 0. The van der Waals surface area contributed by atoms with E-state index in [2.05, 4.69) is 5.32 Å². The molecule has 0 spiro atoms. The summed E-state index contributed by atoms with van der Waals surface area (Å²) in [6, 6.07) is 14.5. The van der Waals surface area contributed by atoms with Gasteiger partial charge in [-0.05, 0) is 29.8 Å². The number of benzene rings is 2. The smallest absolute Gasteiger partial charge is 0.248 e. The van der Waals surface area contributed by atoms with Crippen LogP contribution < -0.4 is 5.32 Å². The molecule has 4 heteroatoms. The summed E-state index contributed by atoms with van der Waals surface area (Å²) in [5.74, 6) is -0.220. The maximum absolute atomic E-state index is 11.7. The van der Waals surface area contributed by atoms with Crippen molar-refractivity contribution in [2.45, 2.75) is 0 Å². The van der Waals surface area contributed by atoms with Gasteiger partial charge >= 0.3 is 0 Å². The Balaban J connectivity index is 2.01. The van der Waals surface area contributed by atoms with Gasteiger partial charge in [0.25, 0.3) is 0 Å². The minimum Gasteiger partial charge on any atom is -0.322 e. The lowest BCUT2D eigenvalue weighted by Crippen LogP contribution is -2.07. The van der Waals surface area contributed by atoms with Crippen LogP contribution in [0.3, 0.4) is 0 Å². The molecule has 0 saturated heterocycles. The van der Waals surface area contributed by atoms with Crippen molar-refractivity contribution >= 4 is 40.9 Å². The second-order valence-corrected chi connectivity index (χ2v) is 4.68. The molecule has 0 bridgehead atoms. The third kappa shape index (κ3) is 4.12. The normalized spacial score (nSPS) is 10.6. The standard InChI is InChI=1S/C15H11Cl2NO/c16-13-8-7-12(10-14(13)17)18-15(19)9-6-11-4-2-1-3-5-11/h1-10H,(H,18,19). The molecule has 2 aromatic rings. The molecule has 0 aliphatic heterocycles. The summed E-state index contributed by atoms with van der Waals surface area (Å²) in [5.41, 5.74) is 1.57. The van der Waals surface area contributed by atoms with Crippen molar-refractivity contribution in [1.29, 1.82) is 0 Å². The van der Waals surface area contributed by atoms with Gasteiger partial charge in [0.2, 0.25) is 5.91 Å². The average molecular weight is 292 g/mol. The largest absolute Gasteiger partial charge is 0.322 e. The Morgan fingerprint density at radius 2 is 1.74 bits per heavy atom. The average Bonchev–Trinajstić information content (AvgIpc) is 2.42. The summed E-state index contributed by atoms with van der Waals surface area (Å²) >= 11 is 11.7. The molecule has 0 fully saturated rings. The zero-order valence-corrected chi connectivity index (χ0v) is 11.4. The quantitative estimate of drug-likeness (QED) is 0.820. The Morgan fingerprint density at radius 1 is 1.00 bits per heavy atom. The molecular formula is C15H11Cl2NO. The fourth-order valence-electron chi connectivity index (χ4n) is 1.49. The van der Waals surface area contributed by atoms with Gasteiger partial charge in [-0.2, -0.15) is 0 Å². The number of carbonyl (C=O) groups excluding carboxylic acids is 1. The lowest BCUT2D eigenvalue weighted by Gasteiger charge is -2.03. The highest BCUT2D eigenvalue weighted by Gasteiger charge is 2.01. The molecule has 0 unspecified atom stereocenters. The molecule has 0 heterocycles. The van der Waals surface area contributed by atoms with Crippen molar-refractivity contribution in [3.05, 3.63) is 70.2 Å². The van der Waals surface area contributed by atoms with Crippen molar-refractivity contribution in [1.82, 2.24) is 0 Å². The van der Waals surface area contributed by atoms with Crippen LogP contribution in [0.25, 0.3) is 6.08 Å². The first-order valence-electron chi connectivity index (χ1n) is 5.64. The minimum atomic E-state index is -0.220. The van der Waals surface area contributed by atoms with E-state index in [0.29, 0.717) is 15.7 Å². The second-order valence-electron chi connectivity index (χ2n) is 3.86. The molecule has 0 radical (unpaired) electrons. The Bertz CT molecular complexity index is 609. The Labute approximate surface area is 121 Å². The number of anilines is 1. The predicted molar refractivity (Wildman–Crippen MR) is 80.6 cm³/mol. The molecule has 2 nitrogen and oxygen atoms in total. The van der Waals surface area contributed by atoms with Crippen molar-refractivity contribution < 1.29 is 4.79 Å². The van der Waals surface area contributed by atoms with E-state index in [1.54, 1.807) is 24.3 Å². The van der Waals surface area contributed by atoms with Crippen LogP contribution in [0.2, 0.25) is 10.0 Å². The van der Waals surface area contributed by atoms with Gasteiger partial charge in [-0.25, -0.2) is 0 Å². The molecule has 0 atom stereocenters. The molecule has 1 N–H and O–H groups in total. The molecule has 96 valence electrons. The Morgan fingerprint density at radius 3 is 2.42 bits per heavy atom. The number of amides is 1. The molecule has 0 saturated carbocycles. The number of nitrogens with one attached hydrogen (secondary N) is 1. The number of rotatable bonds is 3. The fourth-order valence-corrected chi connectivity index (χ4v) is 1.79. The number of halogens is 2. The van der Waals surface area contributed by atoms with Gasteiger partial charge in [0.05, 0.1) is 10.0 Å². The first-order chi connectivity index (χ1) is 9.15. The van der Waals surface area contributed by atoms with Crippen LogP contribution >= 0.6 is 23.2 Å². The van der Waals surface area contributed by atoms with Crippen molar-refractivity contribution in [3.8, 4) is 0 Å². The molecule has 2 rings (SSSR count). The van der Waals surface area contributed by atoms with Crippen LogP contribution in [-0.4, -0.2) is 5.91 Å². The minimum absolute atomic E-state index is 0.220. The zero-order valence-electron chi connectivity index (χ0n) is 9.94. The van der Waals surface area contributed by atoms with Gasteiger partial charge in [-0.3, -0.25) is 4.79 Å². The third-order valence-electron chi connectivity index (χ3n) is 2.41. The van der Waals surface area contributed by atoms with E-state index in [4.69, 9.17) is 23.2 Å². The van der Waals surface area contributed by atoms with Crippen LogP contribution in [0.5, 0.6) is 0 Å². The highest BCUT2D eigenvalue weighted by atomic mass is 35.5. The van der Waals surface area contributed by atoms with Gasteiger partial charge in [-0.15, -0.1) is 0 Å². The lowest BCUT2D eigenvalue weighted by atomic mass is 10.2. The van der Waals surface area contributed by atoms with Crippen LogP contribution in [0, 0.1) is 0 Å². The number of hydrogen-bond acceptors (Lipinski definition) is 1. The summed E-state index contributed by atoms with van der Waals surface area (Å²) in [4.78, 5) is 11.7. The van der Waals surface area contributed by atoms with E-state index in [1.165, 1.54) is 6.08 Å². The maximum atomic E-state index is 11.7. The van der Waals surface area contributed by atoms with Gasteiger partial charge in [0.1, 0.15) is 0 Å². The molecule has 19 heavy (non-hydrogen) atoms. The van der Waals surface area contributed by atoms with E-state index in [1.807, 2.05) is 30.3 Å². The molecule has 0 aliphatic rings. The van der Waals surface area contributed by atoms with E-state index in [-0.39, 0.29) is 5.91 Å². The Kier molecular flexibility index (Phi) is 4.61. The highest BCUT2D eigenvalue weighted by molar-refractivity contribution is 6.42. The monoisotopic (exact) mass is 291 g/mol. The topological polar surface area (TPSA) is 29.1 Å². The third-order valence-corrected chi connectivity index (χ3v) is 3.15. The van der Waals surface area contributed by atoms with Crippen LogP contribution in [0.1, 0.15) is 5.56 Å². The van der Waals surface area contributed by atoms with Gasteiger partial charge in [0.15, 0.2) is 0 Å². The first-order valence-corrected chi connectivity index (χ1v) is 6.40. The Hall–Kier alpha value is -1.77. The van der Waals surface area contributed by atoms with E-state index < -0.39 is 0 Å². The molecule has 0 aromatic heterocycles. The van der Waals surface area contributed by atoms with Crippen LogP contribution in [0.15, 0.2) is 54.6 Å². The first kappa shape index (κ1) is 13.7. The van der Waals surface area contributed by atoms with Crippen LogP contribution in [0.4, 0.5) is 5.69 Å². The molecule has 0 aliphatic carbocycles. The van der Waals surface area contributed by atoms with Crippen molar-refractivity contribution in [2.24, 2.45) is 0 Å².